The molecular formula is C13H17FN2. The van der Waals surface area contributed by atoms with Gasteiger partial charge in [-0.3, -0.25) is 0 Å². The van der Waals surface area contributed by atoms with E-state index >= 15 is 0 Å². The molecule has 2 nitrogen and oxygen atoms in total. The first-order valence-electron chi connectivity index (χ1n) is 5.51. The molecule has 0 saturated heterocycles. The van der Waals surface area contributed by atoms with Gasteiger partial charge < -0.3 is 5.32 Å². The molecule has 1 N–H and O–H groups in total. The summed E-state index contributed by atoms with van der Waals surface area (Å²) in [5.74, 6) is 0.0898. The summed E-state index contributed by atoms with van der Waals surface area (Å²) in [6.45, 7) is 4.76. The first-order chi connectivity index (χ1) is 7.63. The second-order valence-corrected chi connectivity index (χ2v) is 4.18. The van der Waals surface area contributed by atoms with Gasteiger partial charge in [-0.25, -0.2) is 4.39 Å². The van der Waals surface area contributed by atoms with Gasteiger partial charge in [0.2, 0.25) is 0 Å². The molecule has 0 aliphatic carbocycles. The van der Waals surface area contributed by atoms with Crippen LogP contribution in [0.15, 0.2) is 24.3 Å². The van der Waals surface area contributed by atoms with Crippen LogP contribution in [0.3, 0.4) is 0 Å². The van der Waals surface area contributed by atoms with Crippen molar-refractivity contribution in [2.75, 3.05) is 6.54 Å². The summed E-state index contributed by atoms with van der Waals surface area (Å²) in [7, 11) is 0. The number of rotatable bonds is 5. The van der Waals surface area contributed by atoms with Crippen molar-refractivity contribution in [1.82, 2.24) is 5.32 Å². The van der Waals surface area contributed by atoms with Crippen molar-refractivity contribution in [2.45, 2.75) is 26.3 Å². The molecule has 0 aliphatic rings. The minimum atomic E-state index is -0.214. The maximum Gasteiger partial charge on any atom is 0.123 e. The number of nitriles is 1. The van der Waals surface area contributed by atoms with E-state index in [9.17, 15) is 4.39 Å². The predicted octanol–water partition coefficient (Wildman–Crippen LogP) is 2.51. The lowest BCUT2D eigenvalue weighted by Crippen LogP contribution is -2.33. The monoisotopic (exact) mass is 220 g/mol. The Bertz CT molecular complexity index is 351. The maximum absolute atomic E-state index is 12.6. The van der Waals surface area contributed by atoms with Crippen LogP contribution in [0.25, 0.3) is 0 Å². The fraction of sp³-hybridized carbons (Fsp3) is 0.462. The van der Waals surface area contributed by atoms with E-state index in [2.05, 4.69) is 11.4 Å². The molecular weight excluding hydrogens is 203 g/mol. The second kappa shape index (κ2) is 6.24. The lowest BCUT2D eigenvalue weighted by Gasteiger charge is -2.14. The van der Waals surface area contributed by atoms with Crippen molar-refractivity contribution in [2.24, 2.45) is 5.92 Å². The molecule has 0 aromatic heterocycles. The van der Waals surface area contributed by atoms with Crippen LogP contribution in [0, 0.1) is 23.1 Å². The second-order valence-electron chi connectivity index (χ2n) is 4.18. The summed E-state index contributed by atoms with van der Waals surface area (Å²) in [6.07, 6.45) is 0.811. The number of halogens is 1. The van der Waals surface area contributed by atoms with Crippen LogP contribution in [0.5, 0.6) is 0 Å². The van der Waals surface area contributed by atoms with Crippen molar-refractivity contribution in [1.29, 1.82) is 5.26 Å². The van der Waals surface area contributed by atoms with Crippen molar-refractivity contribution < 1.29 is 4.39 Å². The van der Waals surface area contributed by atoms with Crippen LogP contribution >= 0.6 is 0 Å². The smallest absolute Gasteiger partial charge is 0.123 e. The van der Waals surface area contributed by atoms with E-state index < -0.39 is 0 Å². The molecule has 86 valence electrons. The third kappa shape index (κ3) is 4.00. The van der Waals surface area contributed by atoms with Gasteiger partial charge in [-0.1, -0.05) is 26.0 Å². The van der Waals surface area contributed by atoms with E-state index in [0.717, 1.165) is 18.5 Å². The van der Waals surface area contributed by atoms with Crippen molar-refractivity contribution >= 4 is 0 Å². The molecule has 0 aliphatic heterocycles. The van der Waals surface area contributed by atoms with E-state index in [-0.39, 0.29) is 11.9 Å². The van der Waals surface area contributed by atoms with Crippen LogP contribution in [0.2, 0.25) is 0 Å². The fourth-order valence-electron chi connectivity index (χ4n) is 1.45. The molecule has 1 unspecified atom stereocenters. The number of hydrogen-bond donors (Lipinski definition) is 1. The predicted molar refractivity (Wildman–Crippen MR) is 62.3 cm³/mol. The van der Waals surface area contributed by atoms with E-state index in [1.807, 2.05) is 13.8 Å². The lowest BCUT2D eigenvalue weighted by atomic mass is 10.1. The summed E-state index contributed by atoms with van der Waals surface area (Å²) < 4.78 is 12.6. The van der Waals surface area contributed by atoms with Gasteiger partial charge in [0.15, 0.2) is 0 Å². The molecule has 0 saturated carbocycles. The van der Waals surface area contributed by atoms with E-state index in [0.29, 0.717) is 5.92 Å². The molecule has 0 amide bonds. The van der Waals surface area contributed by atoms with Gasteiger partial charge in [0.25, 0.3) is 0 Å². The highest BCUT2D eigenvalue weighted by atomic mass is 19.1. The average molecular weight is 220 g/mol. The summed E-state index contributed by atoms with van der Waals surface area (Å²) >= 11 is 0. The maximum atomic E-state index is 12.6. The molecule has 16 heavy (non-hydrogen) atoms. The first-order valence-corrected chi connectivity index (χ1v) is 5.51. The Hall–Kier alpha value is -1.40. The first kappa shape index (κ1) is 12.7. The Kier molecular flexibility index (Phi) is 4.94. The van der Waals surface area contributed by atoms with Crippen molar-refractivity contribution in [3.63, 3.8) is 0 Å². The van der Waals surface area contributed by atoms with Crippen LogP contribution in [-0.2, 0) is 6.42 Å². The molecule has 1 aromatic rings. The summed E-state index contributed by atoms with van der Waals surface area (Å²) in [6, 6.07) is 8.57. The number of hydrogen-bond acceptors (Lipinski definition) is 2. The summed E-state index contributed by atoms with van der Waals surface area (Å²) in [5.41, 5.74) is 1.08. The minimum Gasteiger partial charge on any atom is -0.301 e. The molecule has 0 radical (unpaired) electrons. The van der Waals surface area contributed by atoms with E-state index in [4.69, 9.17) is 5.26 Å². The lowest BCUT2D eigenvalue weighted by molar-refractivity contribution is 0.475. The van der Waals surface area contributed by atoms with Crippen molar-refractivity contribution in [3.8, 4) is 6.07 Å². The zero-order valence-electron chi connectivity index (χ0n) is 9.70. The van der Waals surface area contributed by atoms with Gasteiger partial charge >= 0.3 is 0 Å². The highest BCUT2D eigenvalue weighted by Crippen LogP contribution is 2.04. The fourth-order valence-corrected chi connectivity index (χ4v) is 1.45. The highest BCUT2D eigenvalue weighted by molar-refractivity contribution is 5.16. The largest absolute Gasteiger partial charge is 0.301 e. The van der Waals surface area contributed by atoms with Crippen LogP contribution in [0.1, 0.15) is 19.4 Å². The Balaban J connectivity index is 2.36. The molecule has 0 bridgehead atoms. The minimum absolute atomic E-state index is 0.111. The molecule has 1 rings (SSSR count). The summed E-state index contributed by atoms with van der Waals surface area (Å²) in [4.78, 5) is 0. The van der Waals surface area contributed by atoms with Crippen LogP contribution in [0.4, 0.5) is 4.39 Å². The van der Waals surface area contributed by atoms with Crippen LogP contribution < -0.4 is 5.32 Å². The molecule has 0 heterocycles. The van der Waals surface area contributed by atoms with E-state index in [1.165, 1.54) is 12.1 Å². The molecule has 3 heteroatoms. The van der Waals surface area contributed by atoms with Gasteiger partial charge in [0.05, 0.1) is 12.1 Å². The Morgan fingerprint density at radius 1 is 1.31 bits per heavy atom. The Morgan fingerprint density at radius 3 is 2.44 bits per heavy atom. The quantitative estimate of drug-likeness (QED) is 0.827. The molecule has 1 aromatic carbocycles. The van der Waals surface area contributed by atoms with Gasteiger partial charge in [-0.05, 0) is 30.0 Å². The van der Waals surface area contributed by atoms with Gasteiger partial charge in [-0.2, -0.15) is 5.26 Å². The van der Waals surface area contributed by atoms with Gasteiger partial charge in [0.1, 0.15) is 5.82 Å². The summed E-state index contributed by atoms with van der Waals surface area (Å²) in [5, 5.41) is 12.0. The van der Waals surface area contributed by atoms with Crippen LogP contribution in [-0.4, -0.2) is 12.6 Å². The van der Waals surface area contributed by atoms with Crippen molar-refractivity contribution in [3.05, 3.63) is 35.6 Å². The third-order valence-electron chi connectivity index (χ3n) is 2.50. The third-order valence-corrected chi connectivity index (χ3v) is 2.50. The van der Waals surface area contributed by atoms with Gasteiger partial charge in [0, 0.05) is 6.54 Å². The molecule has 0 fully saturated rings. The molecule has 1 atom stereocenters. The number of nitrogens with zero attached hydrogens (tertiary/aromatic N) is 1. The topological polar surface area (TPSA) is 35.8 Å². The zero-order chi connectivity index (χ0) is 12.0. The Labute approximate surface area is 96.1 Å². The highest BCUT2D eigenvalue weighted by Gasteiger charge is 2.10. The zero-order valence-corrected chi connectivity index (χ0v) is 9.70. The standard InChI is InChI=1S/C13H17FN2/c1-10(2)13(9-15)16-8-7-11-3-5-12(14)6-4-11/h3-6,10,13,16H,7-8H2,1-2H3. The average Bonchev–Trinajstić information content (AvgIpc) is 2.26. The Morgan fingerprint density at radius 2 is 1.94 bits per heavy atom. The molecule has 0 spiro atoms. The van der Waals surface area contributed by atoms with E-state index in [1.54, 1.807) is 12.1 Å². The number of nitrogens with one attached hydrogen (secondary N) is 1. The number of benzene rings is 1. The van der Waals surface area contributed by atoms with Gasteiger partial charge in [-0.15, -0.1) is 0 Å². The SMILES string of the molecule is CC(C)C(C#N)NCCc1ccc(F)cc1. The normalized spacial score (nSPS) is 12.4.